The molecule has 0 saturated heterocycles. The number of carbonyl (C=O) groups excluding carboxylic acids is 1. The number of non-ortho nitro benzene ring substituents is 1. The molecule has 103 valence electrons. The fourth-order valence-electron chi connectivity index (χ4n) is 1.61. The summed E-state index contributed by atoms with van der Waals surface area (Å²) in [4.78, 5) is 25.6. The third-order valence-electron chi connectivity index (χ3n) is 2.66. The van der Waals surface area contributed by atoms with Gasteiger partial charge in [-0.2, -0.15) is 0 Å². The first-order valence-electron chi connectivity index (χ1n) is 5.83. The average Bonchev–Trinajstić information content (AvgIpc) is 2.92. The molecule has 0 aliphatic carbocycles. The van der Waals surface area contributed by atoms with Crippen molar-refractivity contribution in [3.05, 3.63) is 51.7 Å². The van der Waals surface area contributed by atoms with Crippen LogP contribution in [0.3, 0.4) is 0 Å². The third-order valence-corrected chi connectivity index (χ3v) is 3.25. The van der Waals surface area contributed by atoms with Crippen molar-refractivity contribution in [2.45, 2.75) is 13.3 Å². The van der Waals surface area contributed by atoms with Gasteiger partial charge in [0.15, 0.2) is 5.51 Å². The molecule has 1 heterocycles. The molecule has 1 aromatic heterocycles. The van der Waals surface area contributed by atoms with Crippen molar-refractivity contribution in [2.24, 2.45) is 5.92 Å². The number of benzene rings is 1. The molecule has 0 N–H and O–H groups in total. The highest BCUT2D eigenvalue weighted by Gasteiger charge is 2.17. The number of rotatable bonds is 5. The highest BCUT2D eigenvalue weighted by atomic mass is 32.1. The van der Waals surface area contributed by atoms with Crippen LogP contribution >= 0.6 is 11.3 Å². The maximum absolute atomic E-state index is 11.8. The van der Waals surface area contributed by atoms with Crippen LogP contribution in [0.25, 0.3) is 0 Å². The van der Waals surface area contributed by atoms with Crippen molar-refractivity contribution >= 4 is 23.0 Å². The van der Waals surface area contributed by atoms with Gasteiger partial charge in [0.1, 0.15) is 0 Å². The number of ether oxygens (including phenoxy) is 1. The Morgan fingerprint density at radius 3 is 2.75 bits per heavy atom. The number of esters is 1. The van der Waals surface area contributed by atoms with E-state index in [1.807, 2.05) is 0 Å². The summed E-state index contributed by atoms with van der Waals surface area (Å²) in [5.41, 5.74) is 3.47. The van der Waals surface area contributed by atoms with Gasteiger partial charge >= 0.3 is 5.97 Å². The summed E-state index contributed by atoms with van der Waals surface area (Å²) in [6.07, 6.45) is 1.89. The fourth-order valence-corrected chi connectivity index (χ4v) is 2.04. The van der Waals surface area contributed by atoms with Gasteiger partial charge in [0, 0.05) is 12.1 Å². The van der Waals surface area contributed by atoms with E-state index >= 15 is 0 Å². The van der Waals surface area contributed by atoms with E-state index in [9.17, 15) is 14.9 Å². The Morgan fingerprint density at radius 2 is 2.20 bits per heavy atom. The van der Waals surface area contributed by atoms with Gasteiger partial charge in [0.25, 0.3) is 5.69 Å². The van der Waals surface area contributed by atoms with Crippen LogP contribution in [0.4, 0.5) is 5.69 Å². The smallest absolute Gasteiger partial charge is 0.315 e. The van der Waals surface area contributed by atoms with Crippen molar-refractivity contribution in [1.82, 2.24) is 4.98 Å². The lowest BCUT2D eigenvalue weighted by Gasteiger charge is -2.09. The summed E-state index contributed by atoms with van der Waals surface area (Å²) in [6, 6.07) is 6.13. The van der Waals surface area contributed by atoms with Crippen LogP contribution in [0.2, 0.25) is 0 Å². The SMILES string of the molecule is CC(Cc1ccc([N+](=O)[O-])cc1)C(=O)Oc1cn[c]s1. The molecule has 1 aromatic carbocycles. The Kier molecular flexibility index (Phi) is 4.41. The molecule has 20 heavy (non-hydrogen) atoms. The minimum absolute atomic E-state index is 0.0316. The Morgan fingerprint density at radius 1 is 1.50 bits per heavy atom. The van der Waals surface area contributed by atoms with Gasteiger partial charge in [-0.3, -0.25) is 14.9 Å². The van der Waals surface area contributed by atoms with Crippen LogP contribution in [0.15, 0.2) is 30.5 Å². The maximum atomic E-state index is 11.8. The van der Waals surface area contributed by atoms with Gasteiger partial charge in [-0.25, -0.2) is 4.98 Å². The first-order valence-corrected chi connectivity index (χ1v) is 6.65. The zero-order chi connectivity index (χ0) is 14.5. The number of aromatic nitrogens is 1. The van der Waals surface area contributed by atoms with E-state index in [4.69, 9.17) is 4.74 Å². The number of nitro groups is 1. The molecular formula is C13H11N2O4S. The summed E-state index contributed by atoms with van der Waals surface area (Å²) >= 11 is 1.13. The Labute approximate surface area is 119 Å². The predicted octanol–water partition coefficient (Wildman–Crippen LogP) is 2.64. The molecule has 2 aromatic rings. The van der Waals surface area contributed by atoms with Gasteiger partial charge in [-0.15, -0.1) is 0 Å². The maximum Gasteiger partial charge on any atom is 0.315 e. The van der Waals surface area contributed by atoms with Crippen LogP contribution < -0.4 is 4.74 Å². The highest BCUT2D eigenvalue weighted by Crippen LogP contribution is 2.19. The standard InChI is InChI=1S/C13H11N2O4S/c1-9(13(16)19-12-7-14-8-20-12)6-10-2-4-11(5-3-10)15(17)18/h2-5,7,9H,6H2,1H3. The minimum Gasteiger partial charge on any atom is -0.413 e. The Balaban J connectivity index is 1.95. The number of hydrogen-bond acceptors (Lipinski definition) is 6. The Bertz CT molecular complexity index is 595. The van der Waals surface area contributed by atoms with Crippen LogP contribution in [0.5, 0.6) is 5.06 Å². The summed E-state index contributed by atoms with van der Waals surface area (Å²) in [6.45, 7) is 1.74. The first kappa shape index (κ1) is 14.1. The second kappa shape index (κ2) is 6.25. The molecule has 0 fully saturated rings. The van der Waals surface area contributed by atoms with Crippen LogP contribution in [-0.4, -0.2) is 15.9 Å². The van der Waals surface area contributed by atoms with E-state index in [1.165, 1.54) is 18.3 Å². The lowest BCUT2D eigenvalue weighted by molar-refractivity contribution is -0.384. The lowest BCUT2D eigenvalue weighted by Crippen LogP contribution is -2.19. The molecule has 0 spiro atoms. The normalized spacial score (nSPS) is 11.8. The fraction of sp³-hybridized carbons (Fsp3) is 0.231. The molecule has 0 saturated carbocycles. The summed E-state index contributed by atoms with van der Waals surface area (Å²) in [5, 5.41) is 11.0. The predicted molar refractivity (Wildman–Crippen MR) is 72.5 cm³/mol. The molecule has 0 bridgehead atoms. The van der Waals surface area contributed by atoms with Crippen molar-refractivity contribution < 1.29 is 14.5 Å². The number of carbonyl (C=O) groups is 1. The molecule has 1 radical (unpaired) electrons. The van der Waals surface area contributed by atoms with Crippen molar-refractivity contribution in [3.8, 4) is 5.06 Å². The zero-order valence-corrected chi connectivity index (χ0v) is 11.4. The second-order valence-electron chi connectivity index (χ2n) is 4.22. The lowest BCUT2D eigenvalue weighted by atomic mass is 10.0. The molecule has 0 amide bonds. The Hall–Kier alpha value is -2.28. The number of hydrogen-bond donors (Lipinski definition) is 0. The van der Waals surface area contributed by atoms with Gasteiger partial charge in [0.05, 0.1) is 17.0 Å². The number of nitro benzene ring substituents is 1. The first-order chi connectivity index (χ1) is 9.56. The van der Waals surface area contributed by atoms with Crippen LogP contribution in [0, 0.1) is 21.5 Å². The molecule has 0 aliphatic rings. The van der Waals surface area contributed by atoms with E-state index in [2.05, 4.69) is 10.5 Å². The topological polar surface area (TPSA) is 82.3 Å². The van der Waals surface area contributed by atoms with Crippen LogP contribution in [-0.2, 0) is 11.2 Å². The van der Waals surface area contributed by atoms with Gasteiger partial charge < -0.3 is 4.74 Å². The molecule has 1 unspecified atom stereocenters. The van der Waals surface area contributed by atoms with E-state index < -0.39 is 4.92 Å². The molecule has 2 rings (SSSR count). The quantitative estimate of drug-likeness (QED) is 0.480. The third kappa shape index (κ3) is 3.61. The number of thiazole rings is 1. The van der Waals surface area contributed by atoms with Crippen molar-refractivity contribution in [2.75, 3.05) is 0 Å². The zero-order valence-electron chi connectivity index (χ0n) is 10.6. The van der Waals surface area contributed by atoms with E-state index in [0.29, 0.717) is 11.5 Å². The average molecular weight is 291 g/mol. The van der Waals surface area contributed by atoms with Crippen LogP contribution in [0.1, 0.15) is 12.5 Å². The monoisotopic (exact) mass is 291 g/mol. The highest BCUT2D eigenvalue weighted by molar-refractivity contribution is 7.11. The summed E-state index contributed by atoms with van der Waals surface area (Å²) in [7, 11) is 0. The molecule has 6 nitrogen and oxygen atoms in total. The summed E-state index contributed by atoms with van der Waals surface area (Å²) in [5.74, 6) is -0.709. The van der Waals surface area contributed by atoms with Crippen molar-refractivity contribution in [1.29, 1.82) is 0 Å². The van der Waals surface area contributed by atoms with Gasteiger partial charge in [-0.1, -0.05) is 30.4 Å². The van der Waals surface area contributed by atoms with E-state index in [1.54, 1.807) is 19.1 Å². The summed E-state index contributed by atoms with van der Waals surface area (Å²) < 4.78 is 5.13. The molecular weight excluding hydrogens is 280 g/mol. The second-order valence-corrected chi connectivity index (χ2v) is 5.01. The minimum atomic E-state index is -0.457. The largest absolute Gasteiger partial charge is 0.413 e. The molecule has 0 aliphatic heterocycles. The van der Waals surface area contributed by atoms with Crippen molar-refractivity contribution in [3.63, 3.8) is 0 Å². The van der Waals surface area contributed by atoms with E-state index in [0.717, 1.165) is 16.9 Å². The molecule has 7 heteroatoms. The van der Waals surface area contributed by atoms with E-state index in [-0.39, 0.29) is 17.6 Å². The number of nitrogens with zero attached hydrogens (tertiary/aromatic N) is 2. The van der Waals surface area contributed by atoms with Gasteiger partial charge in [-0.05, 0) is 12.0 Å². The molecule has 1 atom stereocenters. The van der Waals surface area contributed by atoms with Gasteiger partial charge in [0.2, 0.25) is 5.06 Å².